The smallest absolute Gasteiger partial charge is 0.327 e. The summed E-state index contributed by atoms with van der Waals surface area (Å²) < 4.78 is 0. The zero-order valence-corrected chi connectivity index (χ0v) is 8.57. The van der Waals surface area contributed by atoms with E-state index in [9.17, 15) is 4.79 Å². The molecule has 0 heterocycles. The molecule has 0 saturated heterocycles. The Bertz CT molecular complexity index is 332. The minimum absolute atomic E-state index is 0.676. The molecule has 0 amide bonds. The van der Waals surface area contributed by atoms with Crippen LogP contribution in [0.2, 0.25) is 0 Å². The third kappa shape index (κ3) is 12.1. The summed E-state index contributed by atoms with van der Waals surface area (Å²) >= 11 is 0. The number of carboxylic acids is 1. The van der Waals surface area contributed by atoms with Crippen LogP contribution in [0.4, 0.5) is 0 Å². The second-order valence-electron chi connectivity index (χ2n) is 2.79. The Labute approximate surface area is 90.7 Å². The van der Waals surface area contributed by atoms with E-state index in [0.717, 1.165) is 19.3 Å². The molecule has 2 heteroatoms. The summed E-state index contributed by atoms with van der Waals surface area (Å²) in [4.78, 5) is 10.1. The van der Waals surface area contributed by atoms with E-state index in [1.54, 1.807) is 6.08 Å². The van der Waals surface area contributed by atoms with E-state index in [-0.39, 0.29) is 0 Å². The fraction of sp³-hybridized carbons (Fsp3) is 0.308. The maximum Gasteiger partial charge on any atom is 0.327 e. The molecule has 78 valence electrons. The number of hydrogen-bond donors (Lipinski definition) is 1. The van der Waals surface area contributed by atoms with Crippen LogP contribution in [0.1, 0.15) is 25.7 Å². The number of rotatable bonds is 6. The summed E-state index contributed by atoms with van der Waals surface area (Å²) in [7, 11) is 0. The molecule has 0 aliphatic heterocycles. The Morgan fingerprint density at radius 2 is 2.00 bits per heavy atom. The number of terminal acetylenes is 1. The van der Waals surface area contributed by atoms with Crippen LogP contribution in [0.15, 0.2) is 24.3 Å². The first-order valence-electron chi connectivity index (χ1n) is 4.75. The molecule has 0 aromatic carbocycles. The standard InChI is InChI=1S/C13H14O2/c1-2-3-4-5-6-7-8-9-10-11-12-13(14)15/h1,6-7,11-12H,5,8-10H2,(H,14,15)/b7-6-,12-11+. The first-order chi connectivity index (χ1) is 7.27. The van der Waals surface area contributed by atoms with Crippen molar-refractivity contribution in [3.05, 3.63) is 24.3 Å². The highest BCUT2D eigenvalue weighted by atomic mass is 16.4. The molecule has 0 saturated carbocycles. The second kappa shape index (κ2) is 10.2. The van der Waals surface area contributed by atoms with Crippen molar-refractivity contribution in [1.29, 1.82) is 0 Å². The molecule has 15 heavy (non-hydrogen) atoms. The van der Waals surface area contributed by atoms with Crippen molar-refractivity contribution in [1.82, 2.24) is 0 Å². The van der Waals surface area contributed by atoms with E-state index >= 15 is 0 Å². The van der Waals surface area contributed by atoms with Crippen LogP contribution in [0.5, 0.6) is 0 Å². The van der Waals surface area contributed by atoms with E-state index < -0.39 is 5.97 Å². The average Bonchev–Trinajstić information content (AvgIpc) is 2.20. The molecule has 0 bridgehead atoms. The van der Waals surface area contributed by atoms with Gasteiger partial charge in [0.2, 0.25) is 0 Å². The molecular weight excluding hydrogens is 188 g/mol. The lowest BCUT2D eigenvalue weighted by Crippen LogP contribution is -1.85. The first kappa shape index (κ1) is 13.1. The monoisotopic (exact) mass is 202 g/mol. The molecule has 0 atom stereocenters. The molecule has 0 spiro atoms. The van der Waals surface area contributed by atoms with Crippen LogP contribution >= 0.6 is 0 Å². The van der Waals surface area contributed by atoms with Crippen molar-refractivity contribution in [2.75, 3.05) is 0 Å². The number of unbranched alkanes of at least 4 members (excludes halogenated alkanes) is 2. The number of allylic oxidation sites excluding steroid dienone is 3. The van der Waals surface area contributed by atoms with E-state index in [1.807, 2.05) is 12.2 Å². The minimum atomic E-state index is -0.893. The van der Waals surface area contributed by atoms with Gasteiger partial charge in [0.15, 0.2) is 0 Å². The zero-order valence-electron chi connectivity index (χ0n) is 8.57. The molecule has 0 unspecified atom stereocenters. The molecule has 0 aliphatic carbocycles. The molecule has 1 N–H and O–H groups in total. The van der Waals surface area contributed by atoms with Gasteiger partial charge >= 0.3 is 5.97 Å². The fourth-order valence-corrected chi connectivity index (χ4v) is 0.900. The summed E-state index contributed by atoms with van der Waals surface area (Å²) in [6, 6.07) is 0. The maximum atomic E-state index is 10.1. The van der Waals surface area contributed by atoms with Crippen LogP contribution in [0.25, 0.3) is 0 Å². The maximum absolute atomic E-state index is 10.1. The summed E-state index contributed by atoms with van der Waals surface area (Å²) in [6.07, 6.45) is 15.1. The molecule has 0 aliphatic rings. The van der Waals surface area contributed by atoms with Crippen LogP contribution in [-0.2, 0) is 4.79 Å². The number of carboxylic acid groups (broad SMARTS) is 1. The topological polar surface area (TPSA) is 37.3 Å². The predicted octanol–water partition coefficient (Wildman–Crippen LogP) is 2.38. The SMILES string of the molecule is C#CC#CC/C=C\CCC/C=C/C(=O)O. The molecule has 0 fully saturated rings. The van der Waals surface area contributed by atoms with Crippen LogP contribution in [0, 0.1) is 24.2 Å². The third-order valence-electron chi connectivity index (χ3n) is 1.55. The van der Waals surface area contributed by atoms with Gasteiger partial charge in [-0.1, -0.05) is 24.1 Å². The molecule has 0 rings (SSSR count). The normalized spacial score (nSPS) is 9.80. The van der Waals surface area contributed by atoms with Crippen molar-refractivity contribution < 1.29 is 9.90 Å². The van der Waals surface area contributed by atoms with E-state index in [1.165, 1.54) is 6.08 Å². The van der Waals surface area contributed by atoms with Gasteiger partial charge in [0.05, 0.1) is 0 Å². The average molecular weight is 202 g/mol. The molecule has 0 aromatic rings. The summed E-state index contributed by atoms with van der Waals surface area (Å²) in [5, 5.41) is 8.30. The Balaban J connectivity index is 3.39. The largest absolute Gasteiger partial charge is 0.478 e. The van der Waals surface area contributed by atoms with Crippen molar-refractivity contribution in [3.8, 4) is 24.2 Å². The third-order valence-corrected chi connectivity index (χ3v) is 1.55. The van der Waals surface area contributed by atoms with E-state index in [4.69, 9.17) is 11.5 Å². The van der Waals surface area contributed by atoms with E-state index in [0.29, 0.717) is 6.42 Å². The van der Waals surface area contributed by atoms with Gasteiger partial charge in [-0.25, -0.2) is 4.79 Å². The van der Waals surface area contributed by atoms with Gasteiger partial charge in [0.1, 0.15) is 0 Å². The number of aliphatic carboxylic acids is 1. The van der Waals surface area contributed by atoms with Gasteiger partial charge in [-0.2, -0.15) is 0 Å². The molecule has 0 radical (unpaired) electrons. The van der Waals surface area contributed by atoms with Gasteiger partial charge in [-0.15, -0.1) is 6.42 Å². The Morgan fingerprint density at radius 3 is 2.67 bits per heavy atom. The van der Waals surface area contributed by atoms with Crippen molar-refractivity contribution in [3.63, 3.8) is 0 Å². The van der Waals surface area contributed by atoms with Gasteiger partial charge < -0.3 is 5.11 Å². The molecular formula is C13H14O2. The lowest BCUT2D eigenvalue weighted by atomic mass is 10.2. The molecule has 0 aromatic heterocycles. The van der Waals surface area contributed by atoms with Gasteiger partial charge in [0, 0.05) is 12.5 Å². The van der Waals surface area contributed by atoms with Gasteiger partial charge in [-0.05, 0) is 31.1 Å². The Kier molecular flexibility index (Phi) is 8.85. The summed E-state index contributed by atoms with van der Waals surface area (Å²) in [5.74, 6) is 6.65. The lowest BCUT2D eigenvalue weighted by molar-refractivity contribution is -0.131. The Hall–Kier alpha value is -1.93. The quantitative estimate of drug-likeness (QED) is 0.311. The lowest BCUT2D eigenvalue weighted by Gasteiger charge is -1.88. The fourth-order valence-electron chi connectivity index (χ4n) is 0.900. The second-order valence-corrected chi connectivity index (χ2v) is 2.79. The highest BCUT2D eigenvalue weighted by molar-refractivity contribution is 5.79. The van der Waals surface area contributed by atoms with Crippen molar-refractivity contribution >= 4 is 5.97 Å². The predicted molar refractivity (Wildman–Crippen MR) is 61.0 cm³/mol. The summed E-state index contributed by atoms with van der Waals surface area (Å²) in [5.41, 5.74) is 0. The highest BCUT2D eigenvalue weighted by Crippen LogP contribution is 1.98. The van der Waals surface area contributed by atoms with Crippen LogP contribution in [-0.4, -0.2) is 11.1 Å². The van der Waals surface area contributed by atoms with Gasteiger partial charge in [0.25, 0.3) is 0 Å². The van der Waals surface area contributed by atoms with Crippen LogP contribution < -0.4 is 0 Å². The first-order valence-corrected chi connectivity index (χ1v) is 4.75. The number of carbonyl (C=O) groups is 1. The summed E-state index contributed by atoms with van der Waals surface area (Å²) in [6.45, 7) is 0. The molecule has 2 nitrogen and oxygen atoms in total. The zero-order chi connectivity index (χ0) is 11.4. The van der Waals surface area contributed by atoms with Gasteiger partial charge in [-0.3, -0.25) is 0 Å². The van der Waals surface area contributed by atoms with E-state index in [2.05, 4.69) is 17.8 Å². The van der Waals surface area contributed by atoms with Crippen molar-refractivity contribution in [2.24, 2.45) is 0 Å². The highest BCUT2D eigenvalue weighted by Gasteiger charge is 1.84. The number of hydrogen-bond acceptors (Lipinski definition) is 1. The van der Waals surface area contributed by atoms with Crippen molar-refractivity contribution in [2.45, 2.75) is 25.7 Å². The Morgan fingerprint density at radius 1 is 1.27 bits per heavy atom. The minimum Gasteiger partial charge on any atom is -0.478 e. The van der Waals surface area contributed by atoms with Crippen LogP contribution in [0.3, 0.4) is 0 Å².